The number of hydrogen-bond acceptors (Lipinski definition) is 7. The van der Waals surface area contributed by atoms with Crippen LogP contribution in [-0.4, -0.2) is 59.6 Å². The summed E-state index contributed by atoms with van der Waals surface area (Å²) in [5.74, 6) is -0.824. The van der Waals surface area contributed by atoms with Crippen LogP contribution in [0.3, 0.4) is 0 Å². The Morgan fingerprint density at radius 2 is 1.82 bits per heavy atom. The summed E-state index contributed by atoms with van der Waals surface area (Å²) < 4.78 is 11.3. The van der Waals surface area contributed by atoms with Crippen LogP contribution in [-0.2, 0) is 9.59 Å². The fourth-order valence-electron chi connectivity index (χ4n) is 3.64. The van der Waals surface area contributed by atoms with Crippen molar-refractivity contribution in [2.24, 2.45) is 0 Å². The minimum absolute atomic E-state index is 0.192. The average molecular weight is 545 g/mol. The van der Waals surface area contributed by atoms with E-state index in [1.165, 1.54) is 7.11 Å². The molecule has 2 saturated heterocycles. The normalized spacial score (nSPS) is 16.9. The van der Waals surface area contributed by atoms with Crippen LogP contribution in [0.4, 0.5) is 4.79 Å². The summed E-state index contributed by atoms with van der Waals surface area (Å²) in [5, 5.41) is -0.483. The number of halogens is 1. The van der Waals surface area contributed by atoms with Gasteiger partial charge in [0.15, 0.2) is 11.5 Å². The van der Waals surface area contributed by atoms with Crippen molar-refractivity contribution in [3.8, 4) is 11.5 Å². The Morgan fingerprint density at radius 1 is 1.12 bits per heavy atom. The largest absolute Gasteiger partial charge is 0.493 e. The maximum absolute atomic E-state index is 12.8. The summed E-state index contributed by atoms with van der Waals surface area (Å²) in [5.41, 5.74) is 0.942. The molecule has 3 amide bonds. The van der Waals surface area contributed by atoms with Gasteiger partial charge in [-0.3, -0.25) is 19.3 Å². The number of carbonyl (C=O) groups excluding carboxylic acids is 4. The molecule has 10 heteroatoms. The molecule has 0 bridgehead atoms. The molecule has 176 valence electrons. The van der Waals surface area contributed by atoms with Gasteiger partial charge in [0.2, 0.25) is 5.91 Å². The molecular formula is C24H21BrN2O6S. The predicted molar refractivity (Wildman–Crippen MR) is 131 cm³/mol. The number of hydrogen-bond donors (Lipinski definition) is 0. The molecule has 2 aliphatic heterocycles. The van der Waals surface area contributed by atoms with Gasteiger partial charge in [-0.25, -0.2) is 4.79 Å². The van der Waals surface area contributed by atoms with Crippen LogP contribution in [0.5, 0.6) is 11.5 Å². The van der Waals surface area contributed by atoms with E-state index in [1.54, 1.807) is 53.4 Å². The highest BCUT2D eigenvalue weighted by atomic mass is 79.9. The number of amides is 3. The molecular weight excluding hydrogens is 524 g/mol. The molecule has 0 unspecified atom stereocenters. The molecule has 8 nitrogen and oxygen atoms in total. The molecule has 0 radical (unpaired) electrons. The summed E-state index contributed by atoms with van der Waals surface area (Å²) in [7, 11) is 1.43. The fourth-order valence-corrected chi connectivity index (χ4v) is 5.02. The van der Waals surface area contributed by atoms with E-state index in [0.29, 0.717) is 28.7 Å². The summed E-state index contributed by atoms with van der Waals surface area (Å²) in [6.07, 6.45) is 3.41. The highest BCUT2D eigenvalue weighted by Gasteiger charge is 2.37. The standard InChI is InChI=1S/C24H21BrN2O6S/c1-32-18-12-15(11-17(25)21(18)33-23(30)16-7-3-2-4-8-16)13-19-22(29)27(24(31)34-19)14-20(28)26-9-5-6-10-26/h2-4,7-8,11-13H,5-6,9-10,14H2,1H3/b19-13-. The molecule has 0 atom stereocenters. The fraction of sp³-hybridized carbons (Fsp3) is 0.250. The van der Waals surface area contributed by atoms with Crippen LogP contribution in [0.15, 0.2) is 51.8 Å². The molecule has 2 aliphatic rings. The SMILES string of the molecule is COc1cc(/C=C2\SC(=O)N(CC(=O)N3CCCC3)C2=O)cc(Br)c1OC(=O)c1ccccc1. The van der Waals surface area contributed by atoms with E-state index < -0.39 is 17.1 Å². The first-order chi connectivity index (χ1) is 16.4. The number of thioether (sulfide) groups is 1. The maximum Gasteiger partial charge on any atom is 0.343 e. The van der Waals surface area contributed by atoms with Gasteiger partial charge in [-0.1, -0.05) is 18.2 Å². The summed E-state index contributed by atoms with van der Waals surface area (Å²) in [4.78, 5) is 52.9. The van der Waals surface area contributed by atoms with E-state index in [1.807, 2.05) is 0 Å². The van der Waals surface area contributed by atoms with Crippen LogP contribution in [0.1, 0.15) is 28.8 Å². The van der Waals surface area contributed by atoms with Crippen molar-refractivity contribution >= 4 is 56.8 Å². The van der Waals surface area contributed by atoms with Crippen molar-refractivity contribution in [2.45, 2.75) is 12.8 Å². The van der Waals surface area contributed by atoms with Gasteiger partial charge >= 0.3 is 5.97 Å². The van der Waals surface area contributed by atoms with Gasteiger partial charge in [-0.05, 0) is 76.4 Å². The van der Waals surface area contributed by atoms with Gasteiger partial charge in [-0.15, -0.1) is 0 Å². The third-order valence-electron chi connectivity index (χ3n) is 5.38. The second kappa shape index (κ2) is 10.4. The van der Waals surface area contributed by atoms with Gasteiger partial charge in [0.25, 0.3) is 11.1 Å². The van der Waals surface area contributed by atoms with Crippen molar-refractivity contribution in [3.63, 3.8) is 0 Å². The van der Waals surface area contributed by atoms with E-state index in [4.69, 9.17) is 9.47 Å². The molecule has 2 heterocycles. The highest BCUT2D eigenvalue weighted by Crippen LogP contribution is 2.39. The van der Waals surface area contributed by atoms with E-state index in [9.17, 15) is 19.2 Å². The smallest absolute Gasteiger partial charge is 0.343 e. The molecule has 0 N–H and O–H groups in total. The maximum atomic E-state index is 12.8. The minimum Gasteiger partial charge on any atom is -0.493 e. The lowest BCUT2D eigenvalue weighted by atomic mass is 10.1. The Morgan fingerprint density at radius 3 is 2.50 bits per heavy atom. The van der Waals surface area contributed by atoms with Gasteiger partial charge in [0.1, 0.15) is 6.54 Å². The minimum atomic E-state index is -0.545. The topological polar surface area (TPSA) is 93.2 Å². The molecule has 0 spiro atoms. The van der Waals surface area contributed by atoms with Gasteiger partial charge < -0.3 is 14.4 Å². The number of benzene rings is 2. The number of nitrogens with zero attached hydrogens (tertiary/aromatic N) is 2. The van der Waals surface area contributed by atoms with Crippen LogP contribution in [0, 0.1) is 0 Å². The number of ether oxygens (including phenoxy) is 2. The Kier molecular flexibility index (Phi) is 7.38. The average Bonchev–Trinajstić information content (AvgIpc) is 3.46. The Balaban J connectivity index is 1.52. The Bertz CT molecular complexity index is 1180. The number of carbonyl (C=O) groups is 4. The monoisotopic (exact) mass is 544 g/mol. The Labute approximate surface area is 209 Å². The number of methoxy groups -OCH3 is 1. The molecule has 0 aliphatic carbocycles. The lowest BCUT2D eigenvalue weighted by Gasteiger charge is -2.18. The number of rotatable bonds is 6. The molecule has 4 rings (SSSR count). The van der Waals surface area contributed by atoms with E-state index in [2.05, 4.69) is 15.9 Å². The van der Waals surface area contributed by atoms with E-state index >= 15 is 0 Å². The molecule has 34 heavy (non-hydrogen) atoms. The van der Waals surface area contributed by atoms with Gasteiger partial charge in [0, 0.05) is 13.1 Å². The van der Waals surface area contributed by atoms with Crippen LogP contribution >= 0.6 is 27.7 Å². The predicted octanol–water partition coefficient (Wildman–Crippen LogP) is 4.34. The third-order valence-corrected chi connectivity index (χ3v) is 6.88. The van der Waals surface area contributed by atoms with E-state index in [0.717, 1.165) is 29.5 Å². The lowest BCUT2D eigenvalue weighted by molar-refractivity contribution is -0.135. The second-order valence-corrected chi connectivity index (χ2v) is 9.49. The molecule has 0 aromatic heterocycles. The molecule has 0 saturated carbocycles. The number of esters is 1. The first-order valence-electron chi connectivity index (χ1n) is 10.6. The van der Waals surface area contributed by atoms with Crippen molar-refractivity contribution < 1.29 is 28.7 Å². The van der Waals surface area contributed by atoms with Gasteiger partial charge in [-0.2, -0.15) is 0 Å². The first kappa shape index (κ1) is 24.0. The van der Waals surface area contributed by atoms with Crippen molar-refractivity contribution in [2.75, 3.05) is 26.7 Å². The third kappa shape index (κ3) is 5.18. The zero-order valence-corrected chi connectivity index (χ0v) is 20.7. The first-order valence-corrected chi connectivity index (χ1v) is 12.2. The lowest BCUT2D eigenvalue weighted by Crippen LogP contribution is -2.40. The number of likely N-dealkylation sites (tertiary alicyclic amines) is 1. The highest BCUT2D eigenvalue weighted by molar-refractivity contribution is 9.10. The second-order valence-electron chi connectivity index (χ2n) is 7.65. The van der Waals surface area contributed by atoms with Crippen molar-refractivity contribution in [1.82, 2.24) is 9.80 Å². The molecule has 2 aromatic carbocycles. The van der Waals surface area contributed by atoms with Crippen LogP contribution < -0.4 is 9.47 Å². The van der Waals surface area contributed by atoms with Crippen LogP contribution in [0.2, 0.25) is 0 Å². The van der Waals surface area contributed by atoms with Crippen molar-refractivity contribution in [3.05, 3.63) is 63.0 Å². The summed E-state index contributed by atoms with van der Waals surface area (Å²) in [6, 6.07) is 11.8. The Hall–Kier alpha value is -3.11. The quantitative estimate of drug-likeness (QED) is 0.303. The summed E-state index contributed by atoms with van der Waals surface area (Å²) in [6.45, 7) is 1.04. The summed E-state index contributed by atoms with van der Waals surface area (Å²) >= 11 is 4.17. The zero-order valence-electron chi connectivity index (χ0n) is 18.3. The van der Waals surface area contributed by atoms with Crippen LogP contribution in [0.25, 0.3) is 6.08 Å². The van der Waals surface area contributed by atoms with E-state index in [-0.39, 0.29) is 28.9 Å². The molecule has 2 fully saturated rings. The zero-order chi connectivity index (χ0) is 24.2. The number of imide groups is 1. The molecule has 2 aromatic rings. The van der Waals surface area contributed by atoms with Crippen molar-refractivity contribution in [1.29, 1.82) is 0 Å². The van der Waals surface area contributed by atoms with Gasteiger partial charge in [0.05, 0.1) is 22.1 Å².